The first-order valence-corrected chi connectivity index (χ1v) is 7.81. The van der Waals surface area contributed by atoms with E-state index in [0.29, 0.717) is 24.9 Å². The molecule has 0 saturated carbocycles. The molecule has 1 aliphatic rings. The lowest BCUT2D eigenvalue weighted by Crippen LogP contribution is -2.53. The second kappa shape index (κ2) is 5.84. The van der Waals surface area contributed by atoms with Crippen molar-refractivity contribution in [3.8, 4) is 10.8 Å². The first-order chi connectivity index (χ1) is 10.1. The van der Waals surface area contributed by atoms with E-state index in [4.69, 9.17) is 9.15 Å². The van der Waals surface area contributed by atoms with Gasteiger partial charge in [-0.1, -0.05) is 6.07 Å². The summed E-state index contributed by atoms with van der Waals surface area (Å²) < 4.78 is 11.5. The maximum absolute atomic E-state index is 9.33. The maximum atomic E-state index is 9.33. The van der Waals surface area contributed by atoms with Crippen LogP contribution >= 0.6 is 11.3 Å². The minimum absolute atomic E-state index is 0.0181. The Hall–Kier alpha value is -1.28. The van der Waals surface area contributed by atoms with Crippen molar-refractivity contribution in [1.82, 2.24) is 15.1 Å². The lowest BCUT2D eigenvalue weighted by molar-refractivity contribution is -0.151. The summed E-state index contributed by atoms with van der Waals surface area (Å²) in [6, 6.07) is 3.92. The van der Waals surface area contributed by atoms with Crippen molar-refractivity contribution in [3.05, 3.63) is 23.4 Å². The molecule has 3 heterocycles. The highest BCUT2D eigenvalue weighted by molar-refractivity contribution is 7.13. The molecule has 0 bridgehead atoms. The Balaban J connectivity index is 1.68. The molecule has 2 aromatic heterocycles. The van der Waals surface area contributed by atoms with Crippen molar-refractivity contribution in [2.75, 3.05) is 19.7 Å². The zero-order chi connectivity index (χ0) is 14.9. The van der Waals surface area contributed by atoms with Gasteiger partial charge in [-0.25, -0.2) is 0 Å². The highest BCUT2D eigenvalue weighted by atomic mass is 32.1. The average molecular weight is 309 g/mol. The number of aromatic nitrogens is 2. The molecule has 21 heavy (non-hydrogen) atoms. The summed E-state index contributed by atoms with van der Waals surface area (Å²) in [5.74, 6) is 1.15. The Morgan fingerprint density at radius 3 is 3.05 bits per heavy atom. The molecule has 0 aliphatic carbocycles. The highest BCUT2D eigenvalue weighted by Crippen LogP contribution is 2.25. The number of rotatable bonds is 4. The van der Waals surface area contributed by atoms with Crippen LogP contribution in [0.5, 0.6) is 0 Å². The highest BCUT2D eigenvalue weighted by Gasteiger charge is 2.33. The second-order valence-electron chi connectivity index (χ2n) is 5.83. The summed E-state index contributed by atoms with van der Waals surface area (Å²) in [4.78, 5) is 3.15. The number of hydrogen-bond donors (Lipinski definition) is 1. The monoisotopic (exact) mass is 309 g/mol. The quantitative estimate of drug-likeness (QED) is 0.928. The third-order valence-electron chi connectivity index (χ3n) is 3.31. The van der Waals surface area contributed by atoms with Crippen molar-refractivity contribution in [2.24, 2.45) is 0 Å². The van der Waals surface area contributed by atoms with Crippen LogP contribution < -0.4 is 0 Å². The van der Waals surface area contributed by atoms with Crippen LogP contribution in [0.4, 0.5) is 0 Å². The molecule has 114 valence electrons. The van der Waals surface area contributed by atoms with Gasteiger partial charge in [0.1, 0.15) is 0 Å². The molecule has 1 N–H and O–H groups in total. The Morgan fingerprint density at radius 2 is 2.33 bits per heavy atom. The van der Waals surface area contributed by atoms with Crippen LogP contribution in [0.15, 0.2) is 21.9 Å². The van der Waals surface area contributed by atoms with Gasteiger partial charge in [0.05, 0.1) is 29.7 Å². The smallest absolute Gasteiger partial charge is 0.257 e. The van der Waals surface area contributed by atoms with E-state index in [1.165, 1.54) is 0 Å². The fourth-order valence-corrected chi connectivity index (χ4v) is 3.29. The normalized spacial score (nSPS) is 22.5. The van der Waals surface area contributed by atoms with Gasteiger partial charge in [0.15, 0.2) is 0 Å². The summed E-state index contributed by atoms with van der Waals surface area (Å²) in [6.45, 7) is 6.06. The van der Waals surface area contributed by atoms with Gasteiger partial charge in [-0.15, -0.1) is 21.5 Å². The number of aliphatic hydroxyl groups is 1. The summed E-state index contributed by atoms with van der Waals surface area (Å²) in [6.07, 6.45) is -0.173. The number of aliphatic hydroxyl groups excluding tert-OH is 1. The predicted octanol–water partition coefficient (Wildman–Crippen LogP) is 1.77. The molecule has 6 nitrogen and oxygen atoms in total. The molecule has 0 radical (unpaired) electrons. The van der Waals surface area contributed by atoms with E-state index < -0.39 is 0 Å². The summed E-state index contributed by atoms with van der Waals surface area (Å²) in [7, 11) is 0. The maximum Gasteiger partial charge on any atom is 0.257 e. The molecule has 2 aromatic rings. The Morgan fingerprint density at radius 1 is 1.48 bits per heavy atom. The molecule has 1 aliphatic heterocycles. The largest absolute Gasteiger partial charge is 0.419 e. The van der Waals surface area contributed by atoms with E-state index in [0.717, 1.165) is 11.4 Å². The van der Waals surface area contributed by atoms with Gasteiger partial charge in [-0.05, 0) is 25.3 Å². The lowest BCUT2D eigenvalue weighted by Gasteiger charge is -2.41. The molecule has 3 rings (SSSR count). The molecule has 1 saturated heterocycles. The minimum Gasteiger partial charge on any atom is -0.419 e. The molecule has 0 aromatic carbocycles. The van der Waals surface area contributed by atoms with Crippen LogP contribution in [0.3, 0.4) is 0 Å². The van der Waals surface area contributed by atoms with Crippen molar-refractivity contribution in [3.63, 3.8) is 0 Å². The zero-order valence-corrected chi connectivity index (χ0v) is 13.0. The van der Waals surface area contributed by atoms with Crippen molar-refractivity contribution in [1.29, 1.82) is 0 Å². The van der Waals surface area contributed by atoms with Gasteiger partial charge in [-0.3, -0.25) is 4.90 Å². The second-order valence-corrected chi connectivity index (χ2v) is 6.78. The number of nitrogens with zero attached hydrogens (tertiary/aromatic N) is 3. The predicted molar refractivity (Wildman–Crippen MR) is 78.9 cm³/mol. The van der Waals surface area contributed by atoms with E-state index in [2.05, 4.69) is 15.1 Å². The average Bonchev–Trinajstić information content (AvgIpc) is 3.06. The molecular formula is C14H19N3O3S. The van der Waals surface area contributed by atoms with Gasteiger partial charge >= 0.3 is 0 Å². The van der Waals surface area contributed by atoms with E-state index in [9.17, 15) is 5.11 Å². The van der Waals surface area contributed by atoms with Gasteiger partial charge in [0.2, 0.25) is 5.89 Å². The first-order valence-electron chi connectivity index (χ1n) is 6.93. The van der Waals surface area contributed by atoms with Gasteiger partial charge in [0.25, 0.3) is 5.89 Å². The van der Waals surface area contributed by atoms with Crippen LogP contribution in [0, 0.1) is 0 Å². The van der Waals surface area contributed by atoms with Crippen LogP contribution in [-0.4, -0.2) is 51.6 Å². The summed E-state index contributed by atoms with van der Waals surface area (Å²) in [5.41, 5.74) is -0.289. The van der Waals surface area contributed by atoms with E-state index in [1.807, 2.05) is 31.4 Å². The third-order valence-corrected chi connectivity index (χ3v) is 4.17. The number of morpholine rings is 1. The molecule has 1 unspecified atom stereocenters. The SMILES string of the molecule is CC1(C)CN(Cc2nnc(-c3cccs3)o2)CC(CO)O1. The summed E-state index contributed by atoms with van der Waals surface area (Å²) >= 11 is 1.58. The van der Waals surface area contributed by atoms with Gasteiger partial charge in [-0.2, -0.15) is 0 Å². The molecule has 1 fully saturated rings. The number of thiophene rings is 1. The van der Waals surface area contributed by atoms with Gasteiger partial charge < -0.3 is 14.3 Å². The Labute approximate surface area is 127 Å². The van der Waals surface area contributed by atoms with Crippen molar-refractivity contribution in [2.45, 2.75) is 32.1 Å². The number of ether oxygens (including phenoxy) is 1. The zero-order valence-electron chi connectivity index (χ0n) is 12.2. The molecule has 7 heteroatoms. The van der Waals surface area contributed by atoms with Crippen LogP contribution in [-0.2, 0) is 11.3 Å². The number of hydrogen-bond acceptors (Lipinski definition) is 7. The topological polar surface area (TPSA) is 71.6 Å². The standard InChI is InChI=1S/C14H19N3O3S/c1-14(2)9-17(6-10(8-18)20-14)7-12-15-16-13(19-12)11-4-3-5-21-11/h3-5,10,18H,6-9H2,1-2H3. The summed E-state index contributed by atoms with van der Waals surface area (Å²) in [5, 5.41) is 19.5. The van der Waals surface area contributed by atoms with E-state index in [-0.39, 0.29) is 18.3 Å². The first kappa shape index (κ1) is 14.6. The fourth-order valence-electron chi connectivity index (χ4n) is 2.64. The fraction of sp³-hybridized carbons (Fsp3) is 0.571. The Kier molecular flexibility index (Phi) is 4.08. The Bertz CT molecular complexity index is 582. The van der Waals surface area contributed by atoms with Crippen LogP contribution in [0.1, 0.15) is 19.7 Å². The minimum atomic E-state index is -0.289. The van der Waals surface area contributed by atoms with Crippen LogP contribution in [0.25, 0.3) is 10.8 Å². The van der Waals surface area contributed by atoms with Crippen molar-refractivity contribution >= 4 is 11.3 Å². The van der Waals surface area contributed by atoms with Gasteiger partial charge in [0, 0.05) is 13.1 Å². The van der Waals surface area contributed by atoms with Crippen molar-refractivity contribution < 1.29 is 14.3 Å². The van der Waals surface area contributed by atoms with E-state index in [1.54, 1.807) is 11.3 Å². The van der Waals surface area contributed by atoms with E-state index >= 15 is 0 Å². The lowest BCUT2D eigenvalue weighted by atomic mass is 10.1. The molecule has 0 spiro atoms. The molecule has 0 amide bonds. The molecule has 1 atom stereocenters. The third kappa shape index (κ3) is 3.49. The molecular weight excluding hydrogens is 290 g/mol. The van der Waals surface area contributed by atoms with Crippen LogP contribution in [0.2, 0.25) is 0 Å².